The van der Waals surface area contributed by atoms with E-state index < -0.39 is 0 Å². The van der Waals surface area contributed by atoms with Crippen LogP contribution in [0.5, 0.6) is 0 Å². The smallest absolute Gasteiger partial charge is 0.239 e. The molecule has 2 heterocycles. The number of rotatable bonds is 5. The quantitative estimate of drug-likeness (QED) is 0.832. The number of nitrogens with two attached hydrogens (primary N) is 1. The zero-order chi connectivity index (χ0) is 14.4. The molecule has 2 atom stereocenters. The summed E-state index contributed by atoms with van der Waals surface area (Å²) < 4.78 is 10.8. The molecule has 2 saturated heterocycles. The summed E-state index contributed by atoms with van der Waals surface area (Å²) in [6.07, 6.45) is 4.02. The number of hydrogen-bond acceptors (Lipinski definition) is 4. The molecule has 2 fully saturated rings. The average molecular weight is 321 g/mol. The van der Waals surface area contributed by atoms with E-state index in [1.165, 1.54) is 0 Å². The summed E-state index contributed by atoms with van der Waals surface area (Å²) in [6.45, 7) is 6.62. The molecule has 6 heteroatoms. The SMILES string of the molecule is CCOCC1CCCN(C(=O)C(N)C2CCOCC2)C1.Cl. The predicted molar refractivity (Wildman–Crippen MR) is 84.6 cm³/mol. The zero-order valence-electron chi connectivity index (χ0n) is 13.0. The van der Waals surface area contributed by atoms with E-state index in [1.807, 2.05) is 11.8 Å². The van der Waals surface area contributed by atoms with Crippen LogP contribution < -0.4 is 5.73 Å². The van der Waals surface area contributed by atoms with Crippen molar-refractivity contribution in [2.45, 2.75) is 38.6 Å². The largest absolute Gasteiger partial charge is 0.381 e. The summed E-state index contributed by atoms with van der Waals surface area (Å²) in [5.74, 6) is 0.871. The van der Waals surface area contributed by atoms with Crippen molar-refractivity contribution in [1.29, 1.82) is 0 Å². The van der Waals surface area contributed by atoms with Crippen LogP contribution in [0.25, 0.3) is 0 Å². The van der Waals surface area contributed by atoms with E-state index in [0.29, 0.717) is 5.92 Å². The number of hydrogen-bond donors (Lipinski definition) is 1. The van der Waals surface area contributed by atoms with E-state index in [9.17, 15) is 4.79 Å². The first-order valence-electron chi connectivity index (χ1n) is 7.92. The molecule has 0 radical (unpaired) electrons. The normalized spacial score (nSPS) is 25.2. The van der Waals surface area contributed by atoms with Crippen molar-refractivity contribution in [3.63, 3.8) is 0 Å². The van der Waals surface area contributed by atoms with Crippen LogP contribution >= 0.6 is 12.4 Å². The minimum Gasteiger partial charge on any atom is -0.381 e. The molecule has 124 valence electrons. The van der Waals surface area contributed by atoms with Gasteiger partial charge < -0.3 is 20.1 Å². The average Bonchev–Trinajstić information content (AvgIpc) is 2.52. The summed E-state index contributed by atoms with van der Waals surface area (Å²) in [7, 11) is 0. The highest BCUT2D eigenvalue weighted by atomic mass is 35.5. The monoisotopic (exact) mass is 320 g/mol. The Hall–Kier alpha value is -0.360. The lowest BCUT2D eigenvalue weighted by Crippen LogP contribution is -2.52. The summed E-state index contributed by atoms with van der Waals surface area (Å²) in [4.78, 5) is 14.5. The maximum Gasteiger partial charge on any atom is 0.239 e. The van der Waals surface area contributed by atoms with Crippen molar-refractivity contribution in [3.8, 4) is 0 Å². The Morgan fingerprint density at radius 3 is 2.76 bits per heavy atom. The summed E-state index contributed by atoms with van der Waals surface area (Å²) in [6, 6.07) is -0.357. The van der Waals surface area contributed by atoms with Crippen LogP contribution in [-0.2, 0) is 14.3 Å². The lowest BCUT2D eigenvalue weighted by Gasteiger charge is -2.36. The number of carbonyl (C=O) groups excluding carboxylic acids is 1. The third-order valence-corrected chi connectivity index (χ3v) is 4.45. The molecule has 5 nitrogen and oxygen atoms in total. The third kappa shape index (κ3) is 5.40. The van der Waals surface area contributed by atoms with Crippen LogP contribution in [0.2, 0.25) is 0 Å². The molecule has 2 unspecified atom stereocenters. The molecular weight excluding hydrogens is 292 g/mol. The van der Waals surface area contributed by atoms with Crippen molar-refractivity contribution >= 4 is 18.3 Å². The van der Waals surface area contributed by atoms with Crippen molar-refractivity contribution in [2.75, 3.05) is 39.5 Å². The number of halogens is 1. The van der Waals surface area contributed by atoms with Gasteiger partial charge in [-0.1, -0.05) is 0 Å². The van der Waals surface area contributed by atoms with Gasteiger partial charge in [-0.3, -0.25) is 4.79 Å². The first-order valence-corrected chi connectivity index (χ1v) is 7.92. The molecule has 2 aliphatic rings. The van der Waals surface area contributed by atoms with Gasteiger partial charge in [-0.2, -0.15) is 0 Å². The van der Waals surface area contributed by atoms with Crippen LogP contribution in [0.3, 0.4) is 0 Å². The maximum atomic E-state index is 12.5. The van der Waals surface area contributed by atoms with Crippen LogP contribution in [0.1, 0.15) is 32.6 Å². The van der Waals surface area contributed by atoms with Crippen molar-refractivity contribution in [1.82, 2.24) is 4.90 Å². The fraction of sp³-hybridized carbons (Fsp3) is 0.933. The minimum absolute atomic E-state index is 0. The molecule has 0 bridgehead atoms. The number of nitrogens with zero attached hydrogens (tertiary/aromatic N) is 1. The van der Waals surface area contributed by atoms with Crippen molar-refractivity contribution < 1.29 is 14.3 Å². The van der Waals surface area contributed by atoms with Crippen molar-refractivity contribution in [2.24, 2.45) is 17.6 Å². The predicted octanol–water partition coefficient (Wildman–Crippen LogP) is 1.44. The topological polar surface area (TPSA) is 64.8 Å². The molecule has 2 N–H and O–H groups in total. The second-order valence-electron chi connectivity index (χ2n) is 5.93. The van der Waals surface area contributed by atoms with Gasteiger partial charge in [-0.25, -0.2) is 0 Å². The second-order valence-corrected chi connectivity index (χ2v) is 5.93. The maximum absolute atomic E-state index is 12.5. The van der Waals surface area contributed by atoms with Gasteiger partial charge in [0.2, 0.25) is 5.91 Å². The standard InChI is InChI=1S/C15H28N2O3.ClH/c1-2-19-11-12-4-3-7-17(10-12)15(18)14(16)13-5-8-20-9-6-13;/h12-14H,2-11,16H2,1H3;1H. The third-order valence-electron chi connectivity index (χ3n) is 4.45. The molecule has 0 aromatic carbocycles. The first-order chi connectivity index (χ1) is 9.72. The van der Waals surface area contributed by atoms with E-state index in [4.69, 9.17) is 15.2 Å². The van der Waals surface area contributed by atoms with Crippen LogP contribution in [0.4, 0.5) is 0 Å². The fourth-order valence-corrected chi connectivity index (χ4v) is 3.17. The highest BCUT2D eigenvalue weighted by molar-refractivity contribution is 5.85. The Bertz CT molecular complexity index is 311. The van der Waals surface area contributed by atoms with Crippen molar-refractivity contribution in [3.05, 3.63) is 0 Å². The Labute approximate surface area is 133 Å². The number of amides is 1. The molecule has 0 aromatic heterocycles. The van der Waals surface area contributed by atoms with E-state index in [0.717, 1.165) is 65.2 Å². The Morgan fingerprint density at radius 2 is 2.10 bits per heavy atom. The van der Waals surface area contributed by atoms with Gasteiger partial charge in [0.05, 0.1) is 12.6 Å². The lowest BCUT2D eigenvalue weighted by atomic mass is 9.90. The molecule has 0 spiro atoms. The van der Waals surface area contributed by atoms with E-state index >= 15 is 0 Å². The highest BCUT2D eigenvalue weighted by Crippen LogP contribution is 2.22. The number of ether oxygens (including phenoxy) is 2. The lowest BCUT2D eigenvalue weighted by molar-refractivity contribution is -0.137. The molecule has 21 heavy (non-hydrogen) atoms. The Kier molecular flexibility index (Phi) is 8.56. The minimum atomic E-state index is -0.357. The molecule has 2 aliphatic heterocycles. The van der Waals surface area contributed by atoms with E-state index in [2.05, 4.69) is 0 Å². The van der Waals surface area contributed by atoms with Crippen LogP contribution in [-0.4, -0.2) is 56.4 Å². The molecule has 0 aromatic rings. The summed E-state index contributed by atoms with van der Waals surface area (Å²) >= 11 is 0. The Balaban J connectivity index is 0.00000220. The van der Waals surface area contributed by atoms with E-state index in [1.54, 1.807) is 0 Å². The van der Waals surface area contributed by atoms with Gasteiger partial charge in [-0.05, 0) is 44.4 Å². The number of carbonyl (C=O) groups is 1. The van der Waals surface area contributed by atoms with Crippen LogP contribution in [0.15, 0.2) is 0 Å². The summed E-state index contributed by atoms with van der Waals surface area (Å²) in [5.41, 5.74) is 6.19. The van der Waals surface area contributed by atoms with Gasteiger partial charge in [-0.15, -0.1) is 12.4 Å². The second kappa shape index (κ2) is 9.62. The summed E-state index contributed by atoms with van der Waals surface area (Å²) in [5, 5.41) is 0. The van der Waals surface area contributed by atoms with E-state index in [-0.39, 0.29) is 30.3 Å². The van der Waals surface area contributed by atoms with Gasteiger partial charge in [0.15, 0.2) is 0 Å². The fourth-order valence-electron chi connectivity index (χ4n) is 3.17. The number of piperidine rings is 1. The first kappa shape index (κ1) is 18.7. The molecule has 0 aliphatic carbocycles. The molecule has 1 amide bonds. The number of likely N-dealkylation sites (tertiary alicyclic amines) is 1. The molecular formula is C15H29ClN2O3. The molecule has 2 rings (SSSR count). The highest BCUT2D eigenvalue weighted by Gasteiger charge is 2.32. The van der Waals surface area contributed by atoms with Gasteiger partial charge >= 0.3 is 0 Å². The Morgan fingerprint density at radius 1 is 1.38 bits per heavy atom. The van der Waals surface area contributed by atoms with Crippen LogP contribution in [0, 0.1) is 11.8 Å². The van der Waals surface area contributed by atoms with Gasteiger partial charge in [0.25, 0.3) is 0 Å². The van der Waals surface area contributed by atoms with Gasteiger partial charge in [0, 0.05) is 32.9 Å². The molecule has 0 saturated carbocycles. The zero-order valence-corrected chi connectivity index (χ0v) is 13.8. The van der Waals surface area contributed by atoms with Gasteiger partial charge in [0.1, 0.15) is 0 Å².